The molecule has 2 saturated heterocycles. The minimum atomic E-state index is -3.36. The molecule has 1 aliphatic carbocycles. The monoisotopic (exact) mass is 419 g/mol. The molecule has 2 aromatic rings. The quantitative estimate of drug-likeness (QED) is 0.743. The Hall–Kier alpha value is -2.26. The predicted molar refractivity (Wildman–Crippen MR) is 102 cm³/mol. The van der Waals surface area contributed by atoms with Crippen LogP contribution in [0.25, 0.3) is 0 Å². The van der Waals surface area contributed by atoms with Crippen molar-refractivity contribution in [2.24, 2.45) is 0 Å². The molecule has 29 heavy (non-hydrogen) atoms. The lowest BCUT2D eigenvalue weighted by atomic mass is 9.89. The minimum absolute atomic E-state index is 0.0191. The summed E-state index contributed by atoms with van der Waals surface area (Å²) in [6, 6.07) is 7.82. The van der Waals surface area contributed by atoms with Crippen molar-refractivity contribution in [3.05, 3.63) is 54.1 Å². The van der Waals surface area contributed by atoms with Gasteiger partial charge in [0.1, 0.15) is 16.7 Å². The van der Waals surface area contributed by atoms with Crippen LogP contribution in [0.15, 0.2) is 42.7 Å². The number of ether oxygens (including phenoxy) is 1. The number of sulfone groups is 1. The number of halogens is 1. The highest BCUT2D eigenvalue weighted by Gasteiger charge is 2.60. The van der Waals surface area contributed by atoms with E-state index in [9.17, 15) is 17.6 Å². The van der Waals surface area contributed by atoms with Crippen molar-refractivity contribution in [1.29, 1.82) is 0 Å². The predicted octanol–water partition coefficient (Wildman–Crippen LogP) is 1.15. The first-order valence-electron chi connectivity index (χ1n) is 9.70. The molecular formula is C20H22FN3O4S. The normalized spacial score (nSPS) is 26.1. The van der Waals surface area contributed by atoms with Crippen molar-refractivity contribution in [1.82, 2.24) is 14.7 Å². The van der Waals surface area contributed by atoms with Gasteiger partial charge in [0.15, 0.2) is 9.84 Å². The second-order valence-corrected chi connectivity index (χ2v) is 10.7. The van der Waals surface area contributed by atoms with Crippen molar-refractivity contribution >= 4 is 15.7 Å². The van der Waals surface area contributed by atoms with Crippen LogP contribution in [0.3, 0.4) is 0 Å². The molecule has 1 spiro atoms. The molecule has 1 amide bonds. The van der Waals surface area contributed by atoms with Gasteiger partial charge >= 0.3 is 0 Å². The number of hydrogen-bond acceptors (Lipinski definition) is 5. The van der Waals surface area contributed by atoms with Gasteiger partial charge in [0.25, 0.3) is 0 Å². The molecule has 1 aromatic heterocycles. The van der Waals surface area contributed by atoms with Gasteiger partial charge in [-0.15, -0.1) is 0 Å². The molecule has 0 N–H and O–H groups in total. The number of carbonyl (C=O) groups is 1. The topological polar surface area (TPSA) is 81.5 Å². The number of likely N-dealkylation sites (tertiary alicyclic amines) is 1. The number of rotatable bonds is 4. The van der Waals surface area contributed by atoms with E-state index >= 15 is 0 Å². The Morgan fingerprint density at radius 1 is 1.24 bits per heavy atom. The summed E-state index contributed by atoms with van der Waals surface area (Å²) in [5, 5.41) is 3.44. The smallest absolute Gasteiger partial charge is 0.233 e. The van der Waals surface area contributed by atoms with Gasteiger partial charge in [-0.05, 0) is 36.6 Å². The van der Waals surface area contributed by atoms with Gasteiger partial charge in [0.2, 0.25) is 5.91 Å². The Balaban J connectivity index is 1.25. The van der Waals surface area contributed by atoms with Gasteiger partial charge in [0.05, 0.1) is 37.4 Å². The minimum Gasteiger partial charge on any atom is -0.369 e. The Morgan fingerprint density at radius 2 is 1.97 bits per heavy atom. The molecule has 0 bridgehead atoms. The second-order valence-electron chi connectivity index (χ2n) is 8.40. The third kappa shape index (κ3) is 3.16. The van der Waals surface area contributed by atoms with Crippen LogP contribution >= 0.6 is 0 Å². The molecular weight excluding hydrogens is 397 g/mol. The molecule has 1 aromatic carbocycles. The van der Waals surface area contributed by atoms with Gasteiger partial charge in [-0.25, -0.2) is 12.8 Å². The van der Waals surface area contributed by atoms with Gasteiger partial charge in [0, 0.05) is 12.4 Å². The number of aromatic nitrogens is 2. The van der Waals surface area contributed by atoms with Gasteiger partial charge in [-0.2, -0.15) is 5.10 Å². The van der Waals surface area contributed by atoms with Crippen LogP contribution in [0.2, 0.25) is 0 Å². The number of carbonyl (C=O) groups excluding carboxylic acids is 1. The van der Waals surface area contributed by atoms with E-state index in [0.717, 1.165) is 18.4 Å². The van der Waals surface area contributed by atoms with Crippen molar-refractivity contribution in [2.45, 2.75) is 35.7 Å². The average molecular weight is 419 g/mol. The zero-order valence-electron chi connectivity index (χ0n) is 15.8. The van der Waals surface area contributed by atoms with E-state index in [2.05, 4.69) is 5.10 Å². The van der Waals surface area contributed by atoms with Crippen LogP contribution in [-0.4, -0.2) is 65.3 Å². The summed E-state index contributed by atoms with van der Waals surface area (Å²) in [5.74, 6) is -0.431. The van der Waals surface area contributed by atoms with Crippen LogP contribution in [0, 0.1) is 5.82 Å². The van der Waals surface area contributed by atoms with E-state index in [0.29, 0.717) is 0 Å². The molecule has 5 rings (SSSR count). The molecule has 7 nitrogen and oxygen atoms in total. The van der Waals surface area contributed by atoms with Gasteiger partial charge in [-0.1, -0.05) is 12.1 Å². The second kappa shape index (κ2) is 6.37. The average Bonchev–Trinajstić information content (AvgIpc) is 3.30. The Labute approximate surface area is 168 Å². The molecule has 0 radical (unpaired) electrons. The molecule has 2 aliphatic heterocycles. The molecule has 154 valence electrons. The van der Waals surface area contributed by atoms with E-state index in [4.69, 9.17) is 4.74 Å². The van der Waals surface area contributed by atoms with Crippen molar-refractivity contribution in [3.8, 4) is 0 Å². The van der Waals surface area contributed by atoms with Crippen molar-refractivity contribution < 1.29 is 22.3 Å². The van der Waals surface area contributed by atoms with E-state index in [1.165, 1.54) is 12.1 Å². The number of benzene rings is 1. The molecule has 3 heterocycles. The van der Waals surface area contributed by atoms with Crippen molar-refractivity contribution in [2.75, 3.05) is 25.4 Å². The van der Waals surface area contributed by atoms with Crippen LogP contribution in [0.1, 0.15) is 18.4 Å². The largest absolute Gasteiger partial charge is 0.369 e. The van der Waals surface area contributed by atoms with Crippen LogP contribution < -0.4 is 0 Å². The Kier molecular flexibility index (Phi) is 4.12. The summed E-state index contributed by atoms with van der Waals surface area (Å²) in [7, 11) is -3.36. The first-order valence-corrected chi connectivity index (χ1v) is 11.4. The summed E-state index contributed by atoms with van der Waals surface area (Å²) in [4.78, 5) is 14.8. The SMILES string of the molecule is O=C(N1CC2(C1)CS(=O)(=O)[C@@H](Cn1cccn1)CO2)C1(c2ccc(F)cc2)CC1. The van der Waals surface area contributed by atoms with E-state index in [1.807, 2.05) is 0 Å². The third-order valence-electron chi connectivity index (χ3n) is 6.30. The number of hydrogen-bond donors (Lipinski definition) is 0. The highest BCUT2D eigenvalue weighted by molar-refractivity contribution is 7.92. The summed E-state index contributed by atoms with van der Waals surface area (Å²) >= 11 is 0. The standard InChI is InChI=1S/C20H22FN3O4S/c21-16-4-2-15(3-5-16)20(6-7-20)18(25)23-12-19(13-23)14-29(26,27)17(11-28-19)10-24-9-1-8-22-24/h1-5,8-9,17H,6-7,10-14H2/t17-/m0/s1. The molecule has 1 saturated carbocycles. The molecule has 3 aliphatic rings. The fraction of sp³-hybridized carbons (Fsp3) is 0.500. The van der Waals surface area contributed by atoms with E-state index in [1.54, 1.807) is 40.2 Å². The molecule has 0 unspecified atom stereocenters. The van der Waals surface area contributed by atoms with Crippen molar-refractivity contribution in [3.63, 3.8) is 0 Å². The summed E-state index contributed by atoms with van der Waals surface area (Å²) in [6.45, 7) is 0.931. The lowest BCUT2D eigenvalue weighted by molar-refractivity contribution is -0.167. The maximum absolute atomic E-state index is 13.2. The summed E-state index contributed by atoms with van der Waals surface area (Å²) < 4.78 is 46.4. The first-order chi connectivity index (χ1) is 13.8. The van der Waals surface area contributed by atoms with Crippen LogP contribution in [0.5, 0.6) is 0 Å². The first kappa shape index (κ1) is 18.7. The van der Waals surface area contributed by atoms with Crippen LogP contribution in [0.4, 0.5) is 4.39 Å². The van der Waals surface area contributed by atoms with E-state index < -0.39 is 26.1 Å². The van der Waals surface area contributed by atoms with E-state index in [-0.39, 0.29) is 43.7 Å². The molecule has 1 atom stereocenters. The Morgan fingerprint density at radius 3 is 2.55 bits per heavy atom. The molecule has 9 heteroatoms. The lowest BCUT2D eigenvalue weighted by Crippen LogP contribution is -2.71. The van der Waals surface area contributed by atoms with Crippen LogP contribution in [-0.2, 0) is 31.3 Å². The maximum atomic E-state index is 13.2. The van der Waals surface area contributed by atoms with Gasteiger partial charge in [-0.3, -0.25) is 9.48 Å². The fourth-order valence-corrected chi connectivity index (χ4v) is 6.37. The number of nitrogens with zero attached hydrogens (tertiary/aromatic N) is 3. The Bertz CT molecular complexity index is 1030. The number of amides is 1. The third-order valence-corrected chi connectivity index (χ3v) is 8.53. The summed E-state index contributed by atoms with van der Waals surface area (Å²) in [6.07, 6.45) is 4.80. The lowest BCUT2D eigenvalue weighted by Gasteiger charge is -2.53. The highest BCUT2D eigenvalue weighted by atomic mass is 32.2. The molecule has 3 fully saturated rings. The highest BCUT2D eigenvalue weighted by Crippen LogP contribution is 2.51. The zero-order chi connectivity index (χ0) is 20.3. The zero-order valence-corrected chi connectivity index (χ0v) is 16.6. The fourth-order valence-electron chi connectivity index (χ4n) is 4.48. The maximum Gasteiger partial charge on any atom is 0.233 e. The van der Waals surface area contributed by atoms with Gasteiger partial charge < -0.3 is 9.64 Å². The summed E-state index contributed by atoms with van der Waals surface area (Å²) in [5.41, 5.74) is -0.583.